The molecular formula is C13H19NO3S. The minimum atomic E-state index is -0.840. The highest BCUT2D eigenvalue weighted by Gasteiger charge is 2.48. The second-order valence-corrected chi connectivity index (χ2v) is 6.87. The number of carbonyl (C=O) groups excluding carboxylic acids is 1. The van der Waals surface area contributed by atoms with Crippen molar-refractivity contribution < 1.29 is 14.7 Å². The summed E-state index contributed by atoms with van der Waals surface area (Å²) in [6.07, 6.45) is 6.36. The van der Waals surface area contributed by atoms with E-state index in [0.29, 0.717) is 24.0 Å². The van der Waals surface area contributed by atoms with E-state index in [1.54, 1.807) is 16.7 Å². The van der Waals surface area contributed by atoms with E-state index in [4.69, 9.17) is 0 Å². The average Bonchev–Trinajstić information content (AvgIpc) is 3.01. The van der Waals surface area contributed by atoms with Crippen molar-refractivity contribution >= 4 is 23.6 Å². The molecule has 1 heterocycles. The van der Waals surface area contributed by atoms with Gasteiger partial charge in [0.2, 0.25) is 5.91 Å². The molecule has 3 aliphatic rings. The van der Waals surface area contributed by atoms with Gasteiger partial charge in [0, 0.05) is 12.2 Å². The molecule has 0 aromatic rings. The fraction of sp³-hybridized carbons (Fsp3) is 0.846. The maximum absolute atomic E-state index is 12.4. The second kappa shape index (κ2) is 4.76. The van der Waals surface area contributed by atoms with Crippen LogP contribution in [0.2, 0.25) is 0 Å². The van der Waals surface area contributed by atoms with Gasteiger partial charge < -0.3 is 10.0 Å². The van der Waals surface area contributed by atoms with Gasteiger partial charge in [-0.15, -0.1) is 11.8 Å². The molecule has 0 aromatic carbocycles. The van der Waals surface area contributed by atoms with Crippen molar-refractivity contribution in [1.29, 1.82) is 0 Å². The number of amides is 1. The van der Waals surface area contributed by atoms with E-state index < -0.39 is 12.0 Å². The predicted molar refractivity (Wildman–Crippen MR) is 69.2 cm³/mol. The average molecular weight is 269 g/mol. The van der Waals surface area contributed by atoms with Crippen LogP contribution in [0.15, 0.2) is 0 Å². The van der Waals surface area contributed by atoms with Crippen LogP contribution in [0.25, 0.3) is 0 Å². The molecule has 0 bridgehead atoms. The van der Waals surface area contributed by atoms with E-state index in [1.807, 2.05) is 0 Å². The molecule has 1 amide bonds. The number of carbonyl (C=O) groups is 2. The van der Waals surface area contributed by atoms with Gasteiger partial charge in [-0.2, -0.15) is 0 Å². The highest BCUT2D eigenvalue weighted by atomic mass is 32.2. The van der Waals surface area contributed by atoms with Crippen LogP contribution in [-0.2, 0) is 9.59 Å². The van der Waals surface area contributed by atoms with E-state index in [9.17, 15) is 14.7 Å². The van der Waals surface area contributed by atoms with E-state index in [2.05, 4.69) is 0 Å². The molecule has 5 heteroatoms. The highest BCUT2D eigenvalue weighted by molar-refractivity contribution is 8.00. The minimum Gasteiger partial charge on any atom is -0.480 e. The van der Waals surface area contributed by atoms with E-state index in [-0.39, 0.29) is 11.3 Å². The number of aliphatic carboxylic acids is 1. The predicted octanol–water partition coefficient (Wildman–Crippen LogP) is 1.94. The SMILES string of the molecule is O=C(O)C1CSC(C2CC2)N1C(=O)CC1CCC1. The molecule has 2 saturated carbocycles. The van der Waals surface area contributed by atoms with Crippen molar-refractivity contribution in [1.82, 2.24) is 4.90 Å². The van der Waals surface area contributed by atoms with Gasteiger partial charge in [-0.25, -0.2) is 4.79 Å². The summed E-state index contributed by atoms with van der Waals surface area (Å²) in [6.45, 7) is 0. The number of rotatable bonds is 4. The zero-order valence-electron chi connectivity index (χ0n) is 10.4. The fourth-order valence-electron chi connectivity index (χ4n) is 2.83. The Balaban J connectivity index is 1.70. The molecule has 3 rings (SSSR count). The van der Waals surface area contributed by atoms with Crippen molar-refractivity contribution in [3.05, 3.63) is 0 Å². The molecule has 0 aromatic heterocycles. The molecule has 1 saturated heterocycles. The Morgan fingerprint density at radius 2 is 1.94 bits per heavy atom. The van der Waals surface area contributed by atoms with Crippen LogP contribution >= 0.6 is 11.8 Å². The first-order chi connectivity index (χ1) is 8.66. The number of carboxylic acids is 1. The molecule has 0 radical (unpaired) electrons. The lowest BCUT2D eigenvalue weighted by molar-refractivity contribution is -0.150. The number of hydrogen-bond donors (Lipinski definition) is 1. The van der Waals surface area contributed by atoms with E-state index in [0.717, 1.165) is 25.7 Å². The first-order valence-electron chi connectivity index (χ1n) is 6.82. The summed E-state index contributed by atoms with van der Waals surface area (Å²) in [5.41, 5.74) is 0. The van der Waals surface area contributed by atoms with Crippen LogP contribution in [0.5, 0.6) is 0 Å². The van der Waals surface area contributed by atoms with Gasteiger partial charge in [-0.1, -0.05) is 6.42 Å². The molecule has 100 valence electrons. The third-order valence-electron chi connectivity index (χ3n) is 4.32. The summed E-state index contributed by atoms with van der Waals surface area (Å²) in [7, 11) is 0. The molecular weight excluding hydrogens is 250 g/mol. The Labute approximate surface area is 111 Å². The van der Waals surface area contributed by atoms with Crippen LogP contribution < -0.4 is 0 Å². The number of thioether (sulfide) groups is 1. The summed E-state index contributed by atoms with van der Waals surface area (Å²) in [5, 5.41) is 9.39. The van der Waals surface area contributed by atoms with Crippen LogP contribution in [0.4, 0.5) is 0 Å². The molecule has 4 nitrogen and oxygen atoms in total. The molecule has 18 heavy (non-hydrogen) atoms. The molecule has 2 unspecified atom stereocenters. The normalized spacial score (nSPS) is 32.3. The van der Waals surface area contributed by atoms with Crippen LogP contribution in [0, 0.1) is 11.8 Å². The summed E-state index contributed by atoms with van der Waals surface area (Å²) < 4.78 is 0. The second-order valence-electron chi connectivity index (χ2n) is 5.72. The topological polar surface area (TPSA) is 57.6 Å². The third kappa shape index (κ3) is 2.25. The first-order valence-corrected chi connectivity index (χ1v) is 7.87. The summed E-state index contributed by atoms with van der Waals surface area (Å²) >= 11 is 1.66. The summed E-state index contributed by atoms with van der Waals surface area (Å²) in [4.78, 5) is 25.3. The van der Waals surface area contributed by atoms with Gasteiger partial charge >= 0.3 is 5.97 Å². The quantitative estimate of drug-likeness (QED) is 0.847. The Morgan fingerprint density at radius 1 is 1.22 bits per heavy atom. The van der Waals surface area contributed by atoms with Crippen molar-refractivity contribution in [2.24, 2.45) is 11.8 Å². The van der Waals surface area contributed by atoms with Crippen LogP contribution in [0.1, 0.15) is 38.5 Å². The summed E-state index contributed by atoms with van der Waals surface area (Å²) in [5.74, 6) is 0.857. The van der Waals surface area contributed by atoms with E-state index >= 15 is 0 Å². The monoisotopic (exact) mass is 269 g/mol. The molecule has 2 atom stereocenters. The van der Waals surface area contributed by atoms with Gasteiger partial charge in [0.15, 0.2) is 0 Å². The lowest BCUT2D eigenvalue weighted by atomic mass is 9.82. The lowest BCUT2D eigenvalue weighted by Gasteiger charge is -2.31. The highest BCUT2D eigenvalue weighted by Crippen LogP contribution is 2.46. The van der Waals surface area contributed by atoms with Crippen molar-refractivity contribution in [2.45, 2.75) is 49.9 Å². The Hall–Kier alpha value is -0.710. The first kappa shape index (κ1) is 12.3. The maximum Gasteiger partial charge on any atom is 0.327 e. The smallest absolute Gasteiger partial charge is 0.327 e. The zero-order valence-corrected chi connectivity index (χ0v) is 11.2. The van der Waals surface area contributed by atoms with Crippen molar-refractivity contribution in [2.75, 3.05) is 5.75 Å². The zero-order chi connectivity index (χ0) is 12.7. The minimum absolute atomic E-state index is 0.0778. The standard InChI is InChI=1S/C13H19NO3S/c15-11(6-8-2-1-3-8)14-10(13(16)17)7-18-12(14)9-4-5-9/h8-10,12H,1-7H2,(H,16,17). The lowest BCUT2D eigenvalue weighted by Crippen LogP contribution is -2.47. The molecule has 1 N–H and O–H groups in total. The molecule has 3 fully saturated rings. The van der Waals surface area contributed by atoms with Gasteiger partial charge in [0.25, 0.3) is 0 Å². The molecule has 2 aliphatic carbocycles. The molecule has 1 aliphatic heterocycles. The van der Waals surface area contributed by atoms with Gasteiger partial charge in [-0.3, -0.25) is 4.79 Å². The Bertz CT molecular complexity index is 365. The number of hydrogen-bond acceptors (Lipinski definition) is 3. The maximum atomic E-state index is 12.4. The van der Waals surface area contributed by atoms with E-state index in [1.165, 1.54) is 6.42 Å². The Morgan fingerprint density at radius 3 is 2.44 bits per heavy atom. The van der Waals surface area contributed by atoms with Crippen LogP contribution in [0.3, 0.4) is 0 Å². The molecule has 0 spiro atoms. The van der Waals surface area contributed by atoms with Gasteiger partial charge in [0.05, 0.1) is 5.37 Å². The number of carboxylic acid groups (broad SMARTS) is 1. The van der Waals surface area contributed by atoms with Gasteiger partial charge in [-0.05, 0) is 37.5 Å². The summed E-state index contributed by atoms with van der Waals surface area (Å²) in [6, 6.07) is -0.590. The largest absolute Gasteiger partial charge is 0.480 e. The third-order valence-corrected chi connectivity index (χ3v) is 5.78. The van der Waals surface area contributed by atoms with Crippen molar-refractivity contribution in [3.63, 3.8) is 0 Å². The van der Waals surface area contributed by atoms with Crippen molar-refractivity contribution in [3.8, 4) is 0 Å². The van der Waals surface area contributed by atoms with Gasteiger partial charge in [0.1, 0.15) is 6.04 Å². The van der Waals surface area contributed by atoms with Crippen LogP contribution in [-0.4, -0.2) is 39.1 Å². The number of nitrogens with zero attached hydrogens (tertiary/aromatic N) is 1. The Kier molecular flexibility index (Phi) is 3.26. The fourth-order valence-corrected chi connectivity index (χ4v) is 4.48.